The number of hydrogen-bond acceptors (Lipinski definition) is 4. The third-order valence-corrected chi connectivity index (χ3v) is 5.82. The predicted octanol–water partition coefficient (Wildman–Crippen LogP) is 2.57. The molecule has 25 heavy (non-hydrogen) atoms. The Balaban J connectivity index is 1.50. The minimum Gasteiger partial charge on any atom is -0.350 e. The van der Waals surface area contributed by atoms with E-state index in [1.165, 1.54) is 21.3 Å². The number of carbonyl (C=O) groups is 1. The first kappa shape index (κ1) is 16.0. The number of thiophene rings is 1. The Morgan fingerprint density at radius 3 is 2.88 bits per heavy atom. The molecule has 1 aromatic carbocycles. The van der Waals surface area contributed by atoms with Crippen LogP contribution in [-0.4, -0.2) is 15.5 Å². The van der Waals surface area contributed by atoms with E-state index in [1.807, 2.05) is 31.2 Å². The Morgan fingerprint density at radius 1 is 1.28 bits per heavy atom. The van der Waals surface area contributed by atoms with Crippen LogP contribution in [0.15, 0.2) is 35.4 Å². The number of nitrogens with zero attached hydrogens (tertiary/aromatic N) is 2. The highest BCUT2D eigenvalue weighted by Gasteiger charge is 2.21. The summed E-state index contributed by atoms with van der Waals surface area (Å²) in [7, 11) is 0. The molecule has 3 aromatic rings. The molecule has 0 fully saturated rings. The molecule has 2 heterocycles. The zero-order valence-electron chi connectivity index (χ0n) is 14.0. The molecule has 1 N–H and O–H groups in total. The molecule has 0 bridgehead atoms. The van der Waals surface area contributed by atoms with E-state index in [1.54, 1.807) is 11.3 Å². The predicted molar refractivity (Wildman–Crippen MR) is 98.9 cm³/mol. The minimum absolute atomic E-state index is 0.00173. The monoisotopic (exact) mass is 353 g/mol. The topological polar surface area (TPSA) is 64.0 Å². The van der Waals surface area contributed by atoms with Crippen LogP contribution in [0.3, 0.4) is 0 Å². The zero-order chi connectivity index (χ0) is 17.4. The number of carbonyl (C=O) groups excluding carboxylic acids is 1. The van der Waals surface area contributed by atoms with Gasteiger partial charge in [0.15, 0.2) is 0 Å². The Hall–Kier alpha value is -2.47. The van der Waals surface area contributed by atoms with E-state index < -0.39 is 0 Å². The van der Waals surface area contributed by atoms with Gasteiger partial charge in [-0.2, -0.15) is 0 Å². The third-order valence-electron chi connectivity index (χ3n) is 4.62. The Bertz CT molecular complexity index is 1000. The Morgan fingerprint density at radius 2 is 2.08 bits per heavy atom. The second-order valence-corrected chi connectivity index (χ2v) is 7.56. The van der Waals surface area contributed by atoms with Gasteiger partial charge >= 0.3 is 0 Å². The van der Waals surface area contributed by atoms with Crippen LogP contribution in [0.1, 0.15) is 28.0 Å². The van der Waals surface area contributed by atoms with Gasteiger partial charge < -0.3 is 5.32 Å². The fraction of sp³-hybridized carbons (Fsp3) is 0.316. The highest BCUT2D eigenvalue weighted by atomic mass is 32.1. The lowest BCUT2D eigenvalue weighted by molar-refractivity contribution is -0.121. The zero-order valence-corrected chi connectivity index (χ0v) is 14.9. The normalized spacial score (nSPS) is 13.2. The second-order valence-electron chi connectivity index (χ2n) is 6.48. The van der Waals surface area contributed by atoms with Crippen molar-refractivity contribution in [3.63, 3.8) is 0 Å². The number of rotatable bonds is 4. The van der Waals surface area contributed by atoms with Crippen molar-refractivity contribution < 1.29 is 4.79 Å². The molecule has 0 unspecified atom stereocenters. The van der Waals surface area contributed by atoms with Crippen molar-refractivity contribution in [2.75, 3.05) is 0 Å². The molecule has 1 amide bonds. The van der Waals surface area contributed by atoms with Gasteiger partial charge in [-0.25, -0.2) is 4.98 Å². The Labute approximate surface area is 149 Å². The molecule has 0 radical (unpaired) electrons. The lowest BCUT2D eigenvalue weighted by Gasteiger charge is -2.08. The van der Waals surface area contributed by atoms with Crippen LogP contribution in [0.4, 0.5) is 0 Å². The molecule has 0 aliphatic heterocycles. The highest BCUT2D eigenvalue weighted by molar-refractivity contribution is 7.18. The van der Waals surface area contributed by atoms with E-state index in [9.17, 15) is 9.59 Å². The summed E-state index contributed by atoms with van der Waals surface area (Å²) in [5.74, 6) is -0.185. The molecule has 1 aliphatic carbocycles. The molecular formula is C19H19N3O2S. The molecule has 0 spiro atoms. The lowest BCUT2D eigenvalue weighted by atomic mass is 10.1. The summed E-state index contributed by atoms with van der Waals surface area (Å²) >= 11 is 1.61. The number of aromatic nitrogens is 2. The van der Waals surface area contributed by atoms with Crippen LogP contribution in [0.25, 0.3) is 10.2 Å². The molecular weight excluding hydrogens is 334 g/mol. The molecule has 0 saturated heterocycles. The average Bonchev–Trinajstić information content (AvgIpc) is 3.18. The number of nitrogens with one attached hydrogen (secondary N) is 1. The smallest absolute Gasteiger partial charge is 0.262 e. The van der Waals surface area contributed by atoms with Crippen LogP contribution in [0, 0.1) is 6.92 Å². The number of aryl methyl sites for hydroxylation is 3. The fourth-order valence-corrected chi connectivity index (χ4v) is 4.47. The van der Waals surface area contributed by atoms with E-state index in [4.69, 9.17) is 0 Å². The molecule has 0 saturated carbocycles. The summed E-state index contributed by atoms with van der Waals surface area (Å²) < 4.78 is 1.41. The van der Waals surface area contributed by atoms with E-state index in [0.717, 1.165) is 35.2 Å². The maximum Gasteiger partial charge on any atom is 0.262 e. The summed E-state index contributed by atoms with van der Waals surface area (Å²) in [6, 6.07) is 8.01. The SMILES string of the molecule is Cc1ccc(CNC(=O)Cn2cnc3sc4c(c3c2=O)CCC4)cc1. The van der Waals surface area contributed by atoms with Crippen molar-refractivity contribution >= 4 is 27.5 Å². The van der Waals surface area contributed by atoms with E-state index >= 15 is 0 Å². The molecule has 2 aromatic heterocycles. The van der Waals surface area contributed by atoms with E-state index in [0.29, 0.717) is 11.9 Å². The quantitative estimate of drug-likeness (QED) is 0.784. The van der Waals surface area contributed by atoms with Gasteiger partial charge in [-0.15, -0.1) is 11.3 Å². The number of amides is 1. The first-order valence-electron chi connectivity index (χ1n) is 8.44. The van der Waals surface area contributed by atoms with Crippen molar-refractivity contribution in [2.45, 2.75) is 39.3 Å². The van der Waals surface area contributed by atoms with Crippen molar-refractivity contribution in [1.82, 2.24) is 14.9 Å². The van der Waals surface area contributed by atoms with Gasteiger partial charge in [0.1, 0.15) is 11.4 Å². The largest absolute Gasteiger partial charge is 0.350 e. The van der Waals surface area contributed by atoms with Gasteiger partial charge in [0.25, 0.3) is 5.56 Å². The maximum absolute atomic E-state index is 12.7. The van der Waals surface area contributed by atoms with Gasteiger partial charge in [-0.05, 0) is 37.3 Å². The van der Waals surface area contributed by atoms with E-state index in [2.05, 4.69) is 10.3 Å². The molecule has 6 heteroatoms. The van der Waals surface area contributed by atoms with Crippen LogP contribution in [0.2, 0.25) is 0 Å². The fourth-order valence-electron chi connectivity index (χ4n) is 3.25. The van der Waals surface area contributed by atoms with Crippen molar-refractivity contribution in [1.29, 1.82) is 0 Å². The van der Waals surface area contributed by atoms with Crippen molar-refractivity contribution in [3.05, 3.63) is 62.5 Å². The third kappa shape index (κ3) is 3.09. The van der Waals surface area contributed by atoms with Crippen LogP contribution >= 0.6 is 11.3 Å². The van der Waals surface area contributed by atoms with Crippen LogP contribution in [-0.2, 0) is 30.7 Å². The first-order chi connectivity index (χ1) is 12.1. The lowest BCUT2D eigenvalue weighted by Crippen LogP contribution is -2.32. The Kier molecular flexibility index (Phi) is 4.13. The maximum atomic E-state index is 12.7. The summed E-state index contributed by atoms with van der Waals surface area (Å²) in [5, 5.41) is 3.58. The summed E-state index contributed by atoms with van der Waals surface area (Å²) in [4.78, 5) is 31.4. The van der Waals surface area contributed by atoms with Crippen molar-refractivity contribution in [2.24, 2.45) is 0 Å². The molecule has 128 valence electrons. The van der Waals surface area contributed by atoms with Gasteiger partial charge in [-0.1, -0.05) is 29.8 Å². The van der Waals surface area contributed by atoms with Crippen LogP contribution in [0.5, 0.6) is 0 Å². The van der Waals surface area contributed by atoms with E-state index in [-0.39, 0.29) is 18.0 Å². The highest BCUT2D eigenvalue weighted by Crippen LogP contribution is 2.34. The molecule has 4 rings (SSSR count). The average molecular weight is 353 g/mol. The van der Waals surface area contributed by atoms with Crippen molar-refractivity contribution in [3.8, 4) is 0 Å². The minimum atomic E-state index is -0.185. The molecule has 0 atom stereocenters. The first-order valence-corrected chi connectivity index (χ1v) is 9.25. The summed E-state index contributed by atoms with van der Waals surface area (Å²) in [5.41, 5.74) is 3.27. The number of benzene rings is 1. The number of hydrogen-bond donors (Lipinski definition) is 1. The van der Waals surface area contributed by atoms with Gasteiger partial charge in [-0.3, -0.25) is 14.2 Å². The summed E-state index contributed by atoms with van der Waals surface area (Å²) in [6.07, 6.45) is 4.56. The molecule has 1 aliphatic rings. The van der Waals surface area contributed by atoms with Gasteiger partial charge in [0.2, 0.25) is 5.91 Å². The standard InChI is InChI=1S/C19H19N3O2S/c1-12-5-7-13(8-6-12)9-20-16(23)10-22-11-21-18-17(19(22)24)14-3-2-4-15(14)25-18/h5-8,11H,2-4,9-10H2,1H3,(H,20,23). The van der Waals surface area contributed by atoms with Crippen LogP contribution < -0.4 is 10.9 Å². The number of fused-ring (bicyclic) bond motifs is 3. The summed E-state index contributed by atoms with van der Waals surface area (Å²) in [6.45, 7) is 2.48. The molecule has 5 nitrogen and oxygen atoms in total. The second kappa shape index (κ2) is 6.44. The van der Waals surface area contributed by atoms with Gasteiger partial charge in [0.05, 0.1) is 11.7 Å². The van der Waals surface area contributed by atoms with Gasteiger partial charge in [0, 0.05) is 11.4 Å².